The van der Waals surface area contributed by atoms with E-state index in [4.69, 9.17) is 5.73 Å². The van der Waals surface area contributed by atoms with Gasteiger partial charge < -0.3 is 5.73 Å². The maximum atomic E-state index is 13.6. The zero-order valence-electron chi connectivity index (χ0n) is 11.0. The van der Waals surface area contributed by atoms with Gasteiger partial charge in [-0.3, -0.25) is 4.72 Å². The average molecular weight is 312 g/mol. The zero-order valence-corrected chi connectivity index (χ0v) is 11.8. The van der Waals surface area contributed by atoms with Gasteiger partial charge in [0.1, 0.15) is 5.69 Å². The molecular weight excluding hydrogens is 298 g/mol. The van der Waals surface area contributed by atoms with Gasteiger partial charge in [-0.15, -0.1) is 0 Å². The Hall–Kier alpha value is -2.15. The fraction of sp³-hybridized carbons (Fsp3) is 0.143. The van der Waals surface area contributed by atoms with Crippen LogP contribution in [-0.4, -0.2) is 14.2 Å². The predicted octanol–water partition coefficient (Wildman–Crippen LogP) is 2.53. The third kappa shape index (κ3) is 3.91. The van der Waals surface area contributed by atoms with Crippen LogP contribution in [-0.2, 0) is 16.4 Å². The summed E-state index contributed by atoms with van der Waals surface area (Å²) in [6, 6.07) is 10.9. The highest BCUT2D eigenvalue weighted by Gasteiger charge is 2.18. The second-order valence-corrected chi connectivity index (χ2v) is 6.32. The van der Waals surface area contributed by atoms with Crippen LogP contribution in [0.5, 0.6) is 0 Å². The van der Waals surface area contributed by atoms with Gasteiger partial charge in [0.2, 0.25) is 10.0 Å². The van der Waals surface area contributed by atoms with Gasteiger partial charge in [-0.05, 0) is 24.1 Å². The molecule has 112 valence electrons. The summed E-state index contributed by atoms with van der Waals surface area (Å²) in [6.45, 7) is 0. The maximum absolute atomic E-state index is 13.6. The van der Waals surface area contributed by atoms with Gasteiger partial charge in [0, 0.05) is 0 Å². The Morgan fingerprint density at radius 3 is 2.38 bits per heavy atom. The molecule has 7 heteroatoms. The molecule has 0 heterocycles. The first-order valence-electron chi connectivity index (χ1n) is 6.17. The van der Waals surface area contributed by atoms with Crippen molar-refractivity contribution in [2.24, 2.45) is 0 Å². The molecule has 0 amide bonds. The monoisotopic (exact) mass is 312 g/mol. The number of hydrogen-bond donors (Lipinski definition) is 2. The molecule has 0 saturated carbocycles. The molecule has 0 fully saturated rings. The van der Waals surface area contributed by atoms with Crippen LogP contribution >= 0.6 is 0 Å². The number of rotatable bonds is 5. The SMILES string of the molecule is Nc1ccc(F)c(F)c1NS(=O)(=O)CCc1ccccc1. The van der Waals surface area contributed by atoms with E-state index in [1.165, 1.54) is 0 Å². The summed E-state index contributed by atoms with van der Waals surface area (Å²) < 4.78 is 52.6. The van der Waals surface area contributed by atoms with Crippen molar-refractivity contribution in [2.75, 3.05) is 16.2 Å². The normalized spacial score (nSPS) is 11.3. The van der Waals surface area contributed by atoms with Gasteiger partial charge in [0.05, 0.1) is 11.4 Å². The number of hydrogen-bond acceptors (Lipinski definition) is 3. The van der Waals surface area contributed by atoms with Crippen molar-refractivity contribution in [1.82, 2.24) is 0 Å². The van der Waals surface area contributed by atoms with E-state index in [0.29, 0.717) is 0 Å². The highest BCUT2D eigenvalue weighted by Crippen LogP contribution is 2.25. The Bertz CT molecular complexity index is 734. The summed E-state index contributed by atoms with van der Waals surface area (Å²) in [7, 11) is -3.83. The topological polar surface area (TPSA) is 72.2 Å². The standard InChI is InChI=1S/C14H14F2N2O2S/c15-11-6-7-12(17)14(13(11)16)18-21(19,20)9-8-10-4-2-1-3-5-10/h1-7,18H,8-9,17H2. The van der Waals surface area contributed by atoms with Crippen LogP contribution in [0.4, 0.5) is 20.2 Å². The molecule has 4 nitrogen and oxygen atoms in total. The molecule has 0 radical (unpaired) electrons. The Kier molecular flexibility index (Phi) is 4.42. The number of nitrogens with one attached hydrogen (secondary N) is 1. The molecule has 0 saturated heterocycles. The van der Waals surface area contributed by atoms with Crippen LogP contribution in [0.3, 0.4) is 0 Å². The van der Waals surface area contributed by atoms with Gasteiger partial charge in [0.25, 0.3) is 0 Å². The van der Waals surface area contributed by atoms with Crippen molar-refractivity contribution < 1.29 is 17.2 Å². The van der Waals surface area contributed by atoms with Crippen LogP contribution in [0.2, 0.25) is 0 Å². The molecule has 0 atom stereocenters. The van der Waals surface area contributed by atoms with Crippen molar-refractivity contribution in [3.8, 4) is 0 Å². The fourth-order valence-electron chi connectivity index (χ4n) is 1.77. The van der Waals surface area contributed by atoms with E-state index < -0.39 is 27.3 Å². The number of nitrogen functional groups attached to an aromatic ring is 1. The minimum atomic E-state index is -3.83. The predicted molar refractivity (Wildman–Crippen MR) is 78.3 cm³/mol. The second-order valence-electron chi connectivity index (χ2n) is 4.48. The minimum absolute atomic E-state index is 0.169. The summed E-state index contributed by atoms with van der Waals surface area (Å²) in [5, 5.41) is 0. The summed E-state index contributed by atoms with van der Waals surface area (Å²) in [5.74, 6) is -2.73. The summed E-state index contributed by atoms with van der Waals surface area (Å²) in [5.41, 5.74) is 5.58. The number of aryl methyl sites for hydroxylation is 1. The summed E-state index contributed by atoms with van der Waals surface area (Å²) >= 11 is 0. The fourth-order valence-corrected chi connectivity index (χ4v) is 2.90. The first-order valence-corrected chi connectivity index (χ1v) is 7.82. The van der Waals surface area contributed by atoms with E-state index >= 15 is 0 Å². The van der Waals surface area contributed by atoms with Gasteiger partial charge in [-0.25, -0.2) is 17.2 Å². The molecule has 21 heavy (non-hydrogen) atoms. The molecule has 0 aliphatic carbocycles. The number of sulfonamides is 1. The number of nitrogens with two attached hydrogens (primary N) is 1. The van der Waals surface area contributed by atoms with E-state index in [2.05, 4.69) is 0 Å². The molecule has 2 rings (SSSR count). The Morgan fingerprint density at radius 1 is 1.05 bits per heavy atom. The quantitative estimate of drug-likeness (QED) is 0.833. The van der Waals surface area contributed by atoms with Crippen molar-refractivity contribution in [3.63, 3.8) is 0 Å². The third-order valence-corrected chi connectivity index (χ3v) is 4.14. The maximum Gasteiger partial charge on any atom is 0.233 e. The number of halogens is 2. The van der Waals surface area contributed by atoms with E-state index in [0.717, 1.165) is 17.7 Å². The molecule has 2 aromatic rings. The van der Waals surface area contributed by atoms with Gasteiger partial charge in [-0.1, -0.05) is 30.3 Å². The van der Waals surface area contributed by atoms with Crippen LogP contribution in [0.25, 0.3) is 0 Å². The van der Waals surface area contributed by atoms with E-state index in [9.17, 15) is 17.2 Å². The Morgan fingerprint density at radius 2 is 1.71 bits per heavy atom. The van der Waals surface area contributed by atoms with Crippen molar-refractivity contribution in [2.45, 2.75) is 6.42 Å². The van der Waals surface area contributed by atoms with E-state index in [1.807, 2.05) is 10.8 Å². The lowest BCUT2D eigenvalue weighted by Gasteiger charge is -2.11. The Labute approximate surface area is 121 Å². The number of benzene rings is 2. The highest BCUT2D eigenvalue weighted by atomic mass is 32.2. The van der Waals surface area contributed by atoms with Crippen molar-refractivity contribution in [1.29, 1.82) is 0 Å². The smallest absolute Gasteiger partial charge is 0.233 e. The molecule has 0 unspecified atom stereocenters. The lowest BCUT2D eigenvalue weighted by Crippen LogP contribution is -2.20. The lowest BCUT2D eigenvalue weighted by molar-refractivity contribution is 0.512. The third-order valence-electron chi connectivity index (χ3n) is 2.89. The number of anilines is 2. The molecule has 0 aliphatic rings. The lowest BCUT2D eigenvalue weighted by atomic mass is 10.2. The Balaban J connectivity index is 2.13. The van der Waals surface area contributed by atoms with E-state index in [-0.39, 0.29) is 17.9 Å². The molecule has 0 aliphatic heterocycles. The average Bonchev–Trinajstić information content (AvgIpc) is 2.47. The zero-order chi connectivity index (χ0) is 15.5. The van der Waals surface area contributed by atoms with Crippen LogP contribution in [0, 0.1) is 11.6 Å². The van der Waals surface area contributed by atoms with Crippen LogP contribution in [0.15, 0.2) is 42.5 Å². The van der Waals surface area contributed by atoms with Crippen LogP contribution in [0.1, 0.15) is 5.56 Å². The van der Waals surface area contributed by atoms with Gasteiger partial charge in [0.15, 0.2) is 11.6 Å². The molecule has 0 spiro atoms. The second kappa shape index (κ2) is 6.09. The molecule has 0 aromatic heterocycles. The molecule has 0 bridgehead atoms. The van der Waals surface area contributed by atoms with Gasteiger partial charge >= 0.3 is 0 Å². The van der Waals surface area contributed by atoms with Crippen molar-refractivity contribution in [3.05, 3.63) is 59.7 Å². The first-order chi connectivity index (χ1) is 9.89. The molecule has 2 aromatic carbocycles. The molecule has 3 N–H and O–H groups in total. The van der Waals surface area contributed by atoms with E-state index in [1.54, 1.807) is 24.3 Å². The van der Waals surface area contributed by atoms with Gasteiger partial charge in [-0.2, -0.15) is 0 Å². The highest BCUT2D eigenvalue weighted by molar-refractivity contribution is 7.92. The molecular formula is C14H14F2N2O2S. The largest absolute Gasteiger partial charge is 0.397 e. The van der Waals surface area contributed by atoms with Crippen LogP contribution < -0.4 is 10.5 Å². The summed E-state index contributed by atoms with van der Waals surface area (Å²) in [6.07, 6.45) is 0.257. The first kappa shape index (κ1) is 15.2. The summed E-state index contributed by atoms with van der Waals surface area (Å²) in [4.78, 5) is 0. The minimum Gasteiger partial charge on any atom is -0.397 e. The van der Waals surface area contributed by atoms with Crippen molar-refractivity contribution >= 4 is 21.4 Å².